The number of carbonyl (C=O) groups is 1. The average molecular weight is 481 g/mol. The fraction of sp³-hybridized carbons (Fsp3) is 0.227. The lowest BCUT2D eigenvalue weighted by molar-refractivity contribution is -0.137. The Morgan fingerprint density at radius 1 is 1.12 bits per heavy atom. The summed E-state index contributed by atoms with van der Waals surface area (Å²) in [6, 6.07) is 12.5. The SMILES string of the molecule is O=C(OCCNCCO)N(c1ccc(C(F)(F)F)cc1)c1nccc(-c2cccc(Cl)c2)n1. The lowest BCUT2D eigenvalue weighted by atomic mass is 10.1. The third-order valence-electron chi connectivity index (χ3n) is 4.39. The summed E-state index contributed by atoms with van der Waals surface area (Å²) >= 11 is 6.05. The van der Waals surface area contributed by atoms with E-state index in [-0.39, 0.29) is 31.4 Å². The summed E-state index contributed by atoms with van der Waals surface area (Å²) in [5, 5.41) is 12.1. The van der Waals surface area contributed by atoms with Crippen LogP contribution in [-0.4, -0.2) is 47.5 Å². The van der Waals surface area contributed by atoms with Crippen molar-refractivity contribution >= 4 is 29.3 Å². The molecule has 0 spiro atoms. The molecule has 1 amide bonds. The molecule has 0 radical (unpaired) electrons. The molecule has 3 aromatic rings. The van der Waals surface area contributed by atoms with Gasteiger partial charge in [-0.05, 0) is 42.5 Å². The highest BCUT2D eigenvalue weighted by Gasteiger charge is 2.31. The van der Waals surface area contributed by atoms with Gasteiger partial charge < -0.3 is 15.2 Å². The van der Waals surface area contributed by atoms with Gasteiger partial charge in [0, 0.05) is 29.9 Å². The van der Waals surface area contributed by atoms with E-state index in [9.17, 15) is 18.0 Å². The third-order valence-corrected chi connectivity index (χ3v) is 4.63. The van der Waals surface area contributed by atoms with Gasteiger partial charge >= 0.3 is 12.3 Å². The summed E-state index contributed by atoms with van der Waals surface area (Å²) in [7, 11) is 0. The Morgan fingerprint density at radius 3 is 2.55 bits per heavy atom. The van der Waals surface area contributed by atoms with Crippen LogP contribution in [-0.2, 0) is 10.9 Å². The summed E-state index contributed by atoms with van der Waals surface area (Å²) in [4.78, 5) is 22.4. The quantitative estimate of drug-likeness (QED) is 0.455. The molecule has 0 saturated carbocycles. The first-order valence-electron chi connectivity index (χ1n) is 9.84. The summed E-state index contributed by atoms with van der Waals surface area (Å²) in [6.07, 6.45) is -3.97. The molecule has 1 aromatic heterocycles. The van der Waals surface area contributed by atoms with Crippen molar-refractivity contribution in [2.75, 3.05) is 31.2 Å². The van der Waals surface area contributed by atoms with E-state index in [4.69, 9.17) is 21.4 Å². The molecular weight excluding hydrogens is 461 g/mol. The zero-order chi connectivity index (χ0) is 23.8. The molecule has 0 bridgehead atoms. The van der Waals surface area contributed by atoms with Crippen LogP contribution in [0.4, 0.5) is 29.6 Å². The molecule has 3 rings (SSSR count). The van der Waals surface area contributed by atoms with E-state index in [1.54, 1.807) is 30.3 Å². The third kappa shape index (κ3) is 6.64. The van der Waals surface area contributed by atoms with Gasteiger partial charge in [0.1, 0.15) is 6.61 Å². The van der Waals surface area contributed by atoms with Crippen molar-refractivity contribution < 1.29 is 27.8 Å². The first-order valence-corrected chi connectivity index (χ1v) is 10.2. The maximum absolute atomic E-state index is 13.0. The van der Waals surface area contributed by atoms with Crippen molar-refractivity contribution in [2.24, 2.45) is 0 Å². The number of ether oxygens (including phenoxy) is 1. The fourth-order valence-corrected chi connectivity index (χ4v) is 3.04. The molecule has 0 aliphatic carbocycles. The van der Waals surface area contributed by atoms with Gasteiger partial charge in [0.05, 0.1) is 23.6 Å². The fourth-order valence-electron chi connectivity index (χ4n) is 2.85. The smallest absolute Gasteiger partial charge is 0.421 e. The number of aromatic nitrogens is 2. The Bertz CT molecular complexity index is 1080. The molecule has 7 nitrogen and oxygen atoms in total. The number of aliphatic hydroxyl groups is 1. The van der Waals surface area contributed by atoms with Crippen LogP contribution in [0.25, 0.3) is 11.3 Å². The van der Waals surface area contributed by atoms with Crippen molar-refractivity contribution in [2.45, 2.75) is 6.18 Å². The standard InChI is InChI=1S/C22H20ClF3N4O3/c23-17-3-1-2-15(14-17)19-8-9-28-20(29-19)30(21(32)33-13-11-27-10-12-31)18-6-4-16(5-7-18)22(24,25)26/h1-9,14,27,31H,10-13H2. The number of nitrogens with zero attached hydrogens (tertiary/aromatic N) is 3. The molecule has 1 heterocycles. The molecular formula is C22H20ClF3N4O3. The van der Waals surface area contributed by atoms with Gasteiger partial charge in [-0.2, -0.15) is 13.2 Å². The van der Waals surface area contributed by atoms with Gasteiger partial charge in [0.2, 0.25) is 5.95 Å². The van der Waals surface area contributed by atoms with Gasteiger partial charge in [0.25, 0.3) is 0 Å². The number of benzene rings is 2. The van der Waals surface area contributed by atoms with Gasteiger partial charge in [0.15, 0.2) is 0 Å². The number of aliphatic hydroxyl groups excluding tert-OH is 1. The second kappa shape index (κ2) is 11.1. The highest BCUT2D eigenvalue weighted by atomic mass is 35.5. The van der Waals surface area contributed by atoms with Crippen molar-refractivity contribution in [1.29, 1.82) is 0 Å². The van der Waals surface area contributed by atoms with Crippen molar-refractivity contribution in [1.82, 2.24) is 15.3 Å². The van der Waals surface area contributed by atoms with E-state index in [1.807, 2.05) is 0 Å². The number of hydrogen-bond donors (Lipinski definition) is 2. The highest BCUT2D eigenvalue weighted by molar-refractivity contribution is 6.30. The van der Waals surface area contributed by atoms with Crippen molar-refractivity contribution in [3.63, 3.8) is 0 Å². The minimum Gasteiger partial charge on any atom is -0.447 e. The average Bonchev–Trinajstić information content (AvgIpc) is 2.79. The maximum atomic E-state index is 13.0. The number of halogens is 4. The molecule has 0 unspecified atom stereocenters. The molecule has 0 aliphatic heterocycles. The van der Waals surface area contributed by atoms with E-state index in [0.717, 1.165) is 29.2 Å². The van der Waals surface area contributed by atoms with E-state index < -0.39 is 17.8 Å². The molecule has 2 aromatic carbocycles. The topological polar surface area (TPSA) is 87.6 Å². The molecule has 0 aliphatic rings. The Morgan fingerprint density at radius 2 is 1.88 bits per heavy atom. The molecule has 0 fully saturated rings. The summed E-state index contributed by atoms with van der Waals surface area (Å²) in [5.41, 5.74) is 0.359. The molecule has 174 valence electrons. The number of nitrogens with one attached hydrogen (secondary N) is 1. The van der Waals surface area contributed by atoms with Gasteiger partial charge in [-0.1, -0.05) is 23.7 Å². The number of rotatable bonds is 8. The largest absolute Gasteiger partial charge is 0.447 e. The van der Waals surface area contributed by atoms with Crippen LogP contribution in [0.15, 0.2) is 60.8 Å². The summed E-state index contributed by atoms with van der Waals surface area (Å²) in [5.74, 6) is -0.0828. The van der Waals surface area contributed by atoms with E-state index in [2.05, 4.69) is 15.3 Å². The van der Waals surface area contributed by atoms with Gasteiger partial charge in [-0.25, -0.2) is 19.7 Å². The van der Waals surface area contributed by atoms with Gasteiger partial charge in [-0.15, -0.1) is 0 Å². The predicted octanol–water partition coefficient (Wildman–Crippen LogP) is 4.67. The summed E-state index contributed by atoms with van der Waals surface area (Å²) in [6.45, 7) is 0.487. The number of amides is 1. The van der Waals surface area contributed by atoms with Crippen LogP contribution in [0.2, 0.25) is 5.02 Å². The Kier molecular flexibility index (Phi) is 8.21. The second-order valence-electron chi connectivity index (χ2n) is 6.72. The number of carbonyl (C=O) groups excluding carboxylic acids is 1. The van der Waals surface area contributed by atoms with Crippen LogP contribution >= 0.6 is 11.6 Å². The monoisotopic (exact) mass is 480 g/mol. The molecule has 0 saturated heterocycles. The summed E-state index contributed by atoms with van der Waals surface area (Å²) < 4.78 is 44.2. The van der Waals surface area contributed by atoms with Crippen LogP contribution in [0, 0.1) is 0 Å². The highest BCUT2D eigenvalue weighted by Crippen LogP contribution is 2.32. The van der Waals surface area contributed by atoms with Crippen LogP contribution in [0.3, 0.4) is 0 Å². The Hall–Kier alpha value is -3.21. The first kappa shape index (κ1) is 24.4. The minimum absolute atomic E-state index is 0.0377. The van der Waals surface area contributed by atoms with Crippen LogP contribution in [0.1, 0.15) is 5.56 Å². The molecule has 0 atom stereocenters. The predicted molar refractivity (Wildman–Crippen MR) is 117 cm³/mol. The minimum atomic E-state index is -4.52. The van der Waals surface area contributed by atoms with Crippen LogP contribution < -0.4 is 10.2 Å². The second-order valence-corrected chi connectivity index (χ2v) is 7.16. The zero-order valence-corrected chi connectivity index (χ0v) is 18.0. The maximum Gasteiger partial charge on any atom is 0.421 e. The Labute approximate surface area is 192 Å². The number of hydrogen-bond acceptors (Lipinski definition) is 6. The van der Waals surface area contributed by atoms with Crippen molar-refractivity contribution in [3.8, 4) is 11.3 Å². The normalized spacial score (nSPS) is 11.3. The number of alkyl halides is 3. The lowest BCUT2D eigenvalue weighted by Gasteiger charge is -2.21. The molecule has 11 heteroatoms. The molecule has 2 N–H and O–H groups in total. The Balaban J connectivity index is 1.93. The van der Waals surface area contributed by atoms with E-state index in [1.165, 1.54) is 6.20 Å². The van der Waals surface area contributed by atoms with Crippen molar-refractivity contribution in [3.05, 3.63) is 71.4 Å². The van der Waals surface area contributed by atoms with Gasteiger partial charge in [-0.3, -0.25) is 0 Å². The lowest BCUT2D eigenvalue weighted by Crippen LogP contribution is -2.31. The molecule has 33 heavy (non-hydrogen) atoms. The van der Waals surface area contributed by atoms with E-state index >= 15 is 0 Å². The van der Waals surface area contributed by atoms with Crippen LogP contribution in [0.5, 0.6) is 0 Å². The van der Waals surface area contributed by atoms with E-state index in [0.29, 0.717) is 22.8 Å². The number of anilines is 2. The zero-order valence-electron chi connectivity index (χ0n) is 17.2. The first-order chi connectivity index (χ1) is 15.8.